The van der Waals surface area contributed by atoms with E-state index in [1.807, 2.05) is 72.8 Å². The van der Waals surface area contributed by atoms with Gasteiger partial charge in [0.2, 0.25) is 0 Å². The number of ketones is 1. The molecule has 0 aliphatic carbocycles. The molecule has 2 heteroatoms. The quantitative estimate of drug-likeness (QED) is 0.660. The van der Waals surface area contributed by atoms with Crippen LogP contribution in [-0.4, -0.2) is 5.78 Å². The van der Waals surface area contributed by atoms with Gasteiger partial charge in [-0.25, -0.2) is 0 Å². The lowest BCUT2D eigenvalue weighted by atomic mass is 9.80. The molecule has 0 radical (unpaired) electrons. The summed E-state index contributed by atoms with van der Waals surface area (Å²) in [5.41, 5.74) is 3.75. The number of Topliss-reactive ketones (excluding diaryl/α,β-unsaturated/α-hetero) is 1. The van der Waals surface area contributed by atoms with E-state index in [1.54, 1.807) is 6.92 Å². The molecule has 0 saturated carbocycles. The first-order valence-electron chi connectivity index (χ1n) is 8.38. The molecule has 0 aromatic heterocycles. The number of rotatable bonds is 3. The highest BCUT2D eigenvalue weighted by Gasteiger charge is 2.33. The fourth-order valence-electron chi connectivity index (χ4n) is 3.42. The fraction of sp³-hybridized carbons (Fsp3) is 0.0870. The third-order valence-corrected chi connectivity index (χ3v) is 4.52. The van der Waals surface area contributed by atoms with Crippen molar-refractivity contribution in [1.82, 2.24) is 0 Å². The predicted molar refractivity (Wildman–Crippen MR) is 99.4 cm³/mol. The van der Waals surface area contributed by atoms with E-state index < -0.39 is 0 Å². The highest BCUT2D eigenvalue weighted by atomic mass is 16.5. The number of benzene rings is 3. The SMILES string of the molecule is CC(=O)C1=C(c2ccccc2)Oc2ccccc2C1c1ccccc1. The molecule has 3 aromatic rings. The van der Waals surface area contributed by atoms with Crippen LogP contribution in [-0.2, 0) is 4.79 Å². The predicted octanol–water partition coefficient (Wildman–Crippen LogP) is 5.21. The van der Waals surface area contributed by atoms with E-state index in [2.05, 4.69) is 12.1 Å². The second kappa shape index (κ2) is 6.40. The maximum Gasteiger partial charge on any atom is 0.160 e. The van der Waals surface area contributed by atoms with E-state index in [1.165, 1.54) is 0 Å². The Morgan fingerprint density at radius 3 is 2.08 bits per heavy atom. The van der Waals surface area contributed by atoms with Crippen molar-refractivity contribution >= 4 is 11.5 Å². The molecule has 0 bridgehead atoms. The van der Waals surface area contributed by atoms with E-state index in [-0.39, 0.29) is 11.7 Å². The Kier molecular flexibility index (Phi) is 3.95. The number of hydrogen-bond acceptors (Lipinski definition) is 2. The van der Waals surface area contributed by atoms with E-state index in [0.717, 1.165) is 22.4 Å². The van der Waals surface area contributed by atoms with E-state index in [0.29, 0.717) is 11.3 Å². The molecule has 0 spiro atoms. The molecule has 1 aliphatic rings. The molecule has 0 amide bonds. The van der Waals surface area contributed by atoms with Gasteiger partial charge < -0.3 is 4.74 Å². The topological polar surface area (TPSA) is 26.3 Å². The zero-order valence-corrected chi connectivity index (χ0v) is 14.0. The summed E-state index contributed by atoms with van der Waals surface area (Å²) in [5, 5.41) is 0. The van der Waals surface area contributed by atoms with Crippen molar-refractivity contribution in [1.29, 1.82) is 0 Å². The Morgan fingerprint density at radius 2 is 1.40 bits per heavy atom. The Labute approximate surface area is 147 Å². The molecule has 4 rings (SSSR count). The second-order valence-electron chi connectivity index (χ2n) is 6.15. The number of carbonyl (C=O) groups excluding carboxylic acids is 1. The van der Waals surface area contributed by atoms with Crippen LogP contribution < -0.4 is 4.74 Å². The molecule has 0 N–H and O–H groups in total. The largest absolute Gasteiger partial charge is 0.456 e. The molecule has 122 valence electrons. The lowest BCUT2D eigenvalue weighted by Gasteiger charge is -2.30. The molecule has 1 heterocycles. The first-order valence-corrected chi connectivity index (χ1v) is 8.38. The smallest absolute Gasteiger partial charge is 0.160 e. The molecular formula is C23H18O2. The van der Waals surface area contributed by atoms with Gasteiger partial charge in [-0.05, 0) is 18.6 Å². The average Bonchev–Trinajstić information content (AvgIpc) is 2.67. The van der Waals surface area contributed by atoms with Gasteiger partial charge in [0, 0.05) is 17.0 Å². The minimum atomic E-state index is -0.126. The van der Waals surface area contributed by atoms with E-state index in [9.17, 15) is 4.79 Å². The molecule has 0 fully saturated rings. The van der Waals surface area contributed by atoms with Gasteiger partial charge in [-0.15, -0.1) is 0 Å². The molecule has 1 unspecified atom stereocenters. The first kappa shape index (κ1) is 15.4. The summed E-state index contributed by atoms with van der Waals surface area (Å²) < 4.78 is 6.20. The lowest BCUT2D eigenvalue weighted by Crippen LogP contribution is -2.20. The second-order valence-corrected chi connectivity index (χ2v) is 6.15. The summed E-state index contributed by atoms with van der Waals surface area (Å²) in [6.07, 6.45) is 0. The monoisotopic (exact) mass is 326 g/mol. The van der Waals surface area contributed by atoms with Crippen molar-refractivity contribution in [3.8, 4) is 5.75 Å². The Balaban J connectivity index is 2.00. The average molecular weight is 326 g/mol. The van der Waals surface area contributed by atoms with Crippen LogP contribution in [0.4, 0.5) is 0 Å². The van der Waals surface area contributed by atoms with Crippen molar-refractivity contribution < 1.29 is 9.53 Å². The lowest BCUT2D eigenvalue weighted by molar-refractivity contribution is -0.113. The maximum atomic E-state index is 12.6. The van der Waals surface area contributed by atoms with Crippen molar-refractivity contribution in [2.24, 2.45) is 0 Å². The number of allylic oxidation sites excluding steroid dienone is 1. The molecule has 1 aliphatic heterocycles. The van der Waals surface area contributed by atoms with Crippen LogP contribution in [0.2, 0.25) is 0 Å². The maximum absolute atomic E-state index is 12.6. The Hall–Kier alpha value is -3.13. The first-order chi connectivity index (χ1) is 12.3. The van der Waals surface area contributed by atoms with Crippen molar-refractivity contribution in [3.05, 3.63) is 107 Å². The van der Waals surface area contributed by atoms with Crippen LogP contribution in [0.1, 0.15) is 29.5 Å². The minimum Gasteiger partial charge on any atom is -0.456 e. The zero-order valence-electron chi connectivity index (χ0n) is 14.0. The van der Waals surface area contributed by atoms with E-state index in [4.69, 9.17) is 4.74 Å². The third kappa shape index (κ3) is 2.76. The number of hydrogen-bond donors (Lipinski definition) is 0. The van der Waals surface area contributed by atoms with Crippen molar-refractivity contribution in [3.63, 3.8) is 0 Å². The van der Waals surface area contributed by atoms with Gasteiger partial charge in [-0.1, -0.05) is 78.9 Å². The van der Waals surface area contributed by atoms with Gasteiger partial charge in [0.05, 0.1) is 5.57 Å². The van der Waals surface area contributed by atoms with E-state index >= 15 is 0 Å². The van der Waals surface area contributed by atoms with Gasteiger partial charge in [0.1, 0.15) is 11.5 Å². The minimum absolute atomic E-state index is 0.0298. The Morgan fingerprint density at radius 1 is 0.800 bits per heavy atom. The molecule has 2 nitrogen and oxygen atoms in total. The van der Waals surface area contributed by atoms with Gasteiger partial charge in [0.15, 0.2) is 5.78 Å². The highest BCUT2D eigenvalue weighted by molar-refractivity contribution is 6.03. The fourth-order valence-corrected chi connectivity index (χ4v) is 3.42. The summed E-state index contributed by atoms with van der Waals surface area (Å²) in [4.78, 5) is 12.6. The standard InChI is InChI=1S/C23H18O2/c1-16(24)21-22(17-10-4-2-5-11-17)19-14-8-9-15-20(19)25-23(21)18-12-6-3-7-13-18/h2-15,22H,1H3. The summed E-state index contributed by atoms with van der Waals surface area (Å²) >= 11 is 0. The number of carbonyl (C=O) groups is 1. The van der Waals surface area contributed by atoms with Crippen LogP contribution in [0, 0.1) is 0 Å². The number of para-hydroxylation sites is 1. The van der Waals surface area contributed by atoms with Crippen LogP contribution in [0.15, 0.2) is 90.5 Å². The summed E-state index contributed by atoms with van der Waals surface area (Å²) in [5.74, 6) is 1.36. The van der Waals surface area contributed by atoms with Gasteiger partial charge in [-0.3, -0.25) is 4.79 Å². The molecular weight excluding hydrogens is 308 g/mol. The normalized spacial score (nSPS) is 16.1. The van der Waals surface area contributed by atoms with Crippen molar-refractivity contribution in [2.75, 3.05) is 0 Å². The number of fused-ring (bicyclic) bond motifs is 1. The Bertz CT molecular complexity index is 940. The summed E-state index contributed by atoms with van der Waals surface area (Å²) in [6.45, 7) is 1.62. The molecule has 25 heavy (non-hydrogen) atoms. The van der Waals surface area contributed by atoms with Gasteiger partial charge in [0.25, 0.3) is 0 Å². The molecule has 0 saturated heterocycles. The molecule has 1 atom stereocenters. The molecule has 3 aromatic carbocycles. The van der Waals surface area contributed by atoms with Crippen molar-refractivity contribution in [2.45, 2.75) is 12.8 Å². The van der Waals surface area contributed by atoms with Crippen LogP contribution >= 0.6 is 0 Å². The van der Waals surface area contributed by atoms with Crippen LogP contribution in [0.5, 0.6) is 5.75 Å². The highest BCUT2D eigenvalue weighted by Crippen LogP contribution is 2.45. The zero-order chi connectivity index (χ0) is 17.2. The summed E-state index contributed by atoms with van der Waals surface area (Å²) in [7, 11) is 0. The third-order valence-electron chi connectivity index (χ3n) is 4.52. The van der Waals surface area contributed by atoms with Gasteiger partial charge >= 0.3 is 0 Å². The van der Waals surface area contributed by atoms with Gasteiger partial charge in [-0.2, -0.15) is 0 Å². The summed E-state index contributed by atoms with van der Waals surface area (Å²) in [6, 6.07) is 27.9. The number of ether oxygens (including phenoxy) is 1. The van der Waals surface area contributed by atoms with Crippen LogP contribution in [0.3, 0.4) is 0 Å². The van der Waals surface area contributed by atoms with Crippen LogP contribution in [0.25, 0.3) is 5.76 Å².